The average molecular weight is 1010 g/mol. The van der Waals surface area contributed by atoms with Gasteiger partial charge in [-0.1, -0.05) is 91.0 Å². The Morgan fingerprint density at radius 3 is 1.28 bits per heavy atom. The fourth-order valence-electron chi connectivity index (χ4n) is 8.38. The Bertz CT molecular complexity index is 2230. The number of rotatable bonds is 21. The summed E-state index contributed by atoms with van der Waals surface area (Å²) < 4.78 is 85.3. The molecule has 3 aliphatic heterocycles. The van der Waals surface area contributed by atoms with Crippen LogP contribution >= 0.6 is 0 Å². The van der Waals surface area contributed by atoms with E-state index in [-0.39, 0.29) is 19.8 Å². The van der Waals surface area contributed by atoms with Crippen LogP contribution in [0.2, 0.25) is 0 Å². The van der Waals surface area contributed by atoms with Crippen LogP contribution < -0.4 is 0 Å². The van der Waals surface area contributed by atoms with Crippen LogP contribution in [0, 0.1) is 0 Å². The van der Waals surface area contributed by atoms with E-state index in [1.165, 1.54) is 0 Å². The van der Waals surface area contributed by atoms with E-state index < -0.39 is 141 Å². The van der Waals surface area contributed by atoms with Gasteiger partial charge in [0.25, 0.3) is 0 Å². The predicted octanol–water partition coefficient (Wildman–Crippen LogP) is 3.55. The van der Waals surface area contributed by atoms with Gasteiger partial charge in [-0.25, -0.2) is 0 Å². The number of carbonyl (C=O) groups excluding carboxylic acids is 6. The van der Waals surface area contributed by atoms with Gasteiger partial charge in [0.1, 0.15) is 62.0 Å². The zero-order valence-corrected chi connectivity index (χ0v) is 41.0. The first-order chi connectivity index (χ1) is 34.5. The van der Waals surface area contributed by atoms with Crippen LogP contribution in [0.5, 0.6) is 0 Å². The quantitative estimate of drug-likeness (QED) is 0.118. The highest BCUT2D eigenvalue weighted by Crippen LogP contribution is 2.38. The van der Waals surface area contributed by atoms with Crippen molar-refractivity contribution in [2.45, 2.75) is 160 Å². The molecule has 0 aliphatic carbocycles. The lowest BCUT2D eigenvalue weighted by atomic mass is 9.95. The molecule has 15 atom stereocenters. The van der Waals surface area contributed by atoms with Gasteiger partial charge < -0.3 is 71.4 Å². The van der Waals surface area contributed by atoms with Crippen molar-refractivity contribution in [1.29, 1.82) is 0 Å². The highest BCUT2D eigenvalue weighted by Gasteiger charge is 2.58. The molecule has 15 unspecified atom stereocenters. The minimum atomic E-state index is -1.87. The van der Waals surface area contributed by atoms with Crippen molar-refractivity contribution < 1.29 is 100 Å². The van der Waals surface area contributed by atoms with Gasteiger partial charge in [0.15, 0.2) is 24.8 Å². The van der Waals surface area contributed by atoms with Gasteiger partial charge >= 0.3 is 35.8 Å². The summed E-state index contributed by atoms with van der Waals surface area (Å²) in [6.45, 7) is 7.27. The zero-order chi connectivity index (χ0) is 51.9. The van der Waals surface area contributed by atoms with E-state index >= 15 is 0 Å². The third-order valence-electron chi connectivity index (χ3n) is 11.5. The molecule has 3 aromatic rings. The highest BCUT2D eigenvalue weighted by molar-refractivity contribution is 5.69. The molecule has 3 saturated heterocycles. The Kier molecular flexibility index (Phi) is 20.6. The Hall–Kier alpha value is -5.88. The number of benzene rings is 3. The average Bonchev–Trinajstić information content (AvgIpc) is 3.33. The molecule has 0 amide bonds. The van der Waals surface area contributed by atoms with Crippen molar-refractivity contribution in [3.63, 3.8) is 0 Å². The fourth-order valence-corrected chi connectivity index (χ4v) is 8.38. The van der Waals surface area contributed by atoms with Crippen molar-refractivity contribution in [3.05, 3.63) is 108 Å². The number of carbonyl (C=O) groups is 6. The summed E-state index contributed by atoms with van der Waals surface area (Å²) in [4.78, 5) is 75.2. The minimum Gasteiger partial charge on any atom is -0.463 e. The SMILES string of the molecule is CC(=O)OCC1OC(OC2C(COC(C)=O)OC(OC(C)=O)C(OC(C)=O)C2OC(C)=O)C(OC(C)=O)C(OC2OC(C)C(OCc3ccccc3)C(OCc3ccccc3)C2OCc2ccccc2)C1O. The van der Waals surface area contributed by atoms with Gasteiger partial charge in [-0.15, -0.1) is 0 Å². The lowest BCUT2D eigenvalue weighted by Gasteiger charge is -2.50. The first-order valence-corrected chi connectivity index (χ1v) is 23.3. The van der Waals surface area contributed by atoms with Crippen LogP contribution in [0.1, 0.15) is 65.2 Å². The second kappa shape index (κ2) is 26.7. The molecule has 0 spiro atoms. The van der Waals surface area contributed by atoms with E-state index in [2.05, 4.69) is 0 Å². The first kappa shape index (κ1) is 55.4. The van der Waals surface area contributed by atoms with Crippen LogP contribution in [0.4, 0.5) is 0 Å². The third-order valence-corrected chi connectivity index (χ3v) is 11.5. The van der Waals surface area contributed by atoms with Crippen molar-refractivity contribution in [2.24, 2.45) is 0 Å². The molecule has 72 heavy (non-hydrogen) atoms. The molecule has 3 aliphatic rings. The number of aliphatic hydroxyl groups is 1. The molecule has 3 fully saturated rings. The molecule has 6 rings (SSSR count). The summed E-state index contributed by atoms with van der Waals surface area (Å²) in [6, 6.07) is 28.2. The van der Waals surface area contributed by atoms with Crippen molar-refractivity contribution >= 4 is 35.8 Å². The van der Waals surface area contributed by atoms with Gasteiger partial charge in [0, 0.05) is 41.5 Å². The fraction of sp³-hybridized carbons (Fsp3) is 0.529. The minimum absolute atomic E-state index is 0.0189. The monoisotopic (exact) mass is 1010 g/mol. The van der Waals surface area contributed by atoms with Gasteiger partial charge in [-0.05, 0) is 23.6 Å². The summed E-state index contributed by atoms with van der Waals surface area (Å²) in [6.07, 6.45) is -22.1. The maximum absolute atomic E-state index is 13.2. The molecule has 21 nitrogen and oxygen atoms in total. The zero-order valence-electron chi connectivity index (χ0n) is 41.0. The lowest BCUT2D eigenvalue weighted by molar-refractivity contribution is -0.382. The Balaban J connectivity index is 1.42. The number of ether oxygens (including phenoxy) is 14. The Morgan fingerprint density at radius 2 is 0.806 bits per heavy atom. The van der Waals surface area contributed by atoms with Gasteiger partial charge in [0.05, 0.1) is 25.9 Å². The number of esters is 6. The van der Waals surface area contributed by atoms with Crippen LogP contribution in [0.3, 0.4) is 0 Å². The molecule has 21 heteroatoms. The third kappa shape index (κ3) is 15.8. The largest absolute Gasteiger partial charge is 0.463 e. The Morgan fingerprint density at radius 1 is 0.417 bits per heavy atom. The molecule has 3 heterocycles. The maximum atomic E-state index is 13.2. The normalized spacial score (nSPS) is 30.2. The van der Waals surface area contributed by atoms with Crippen LogP contribution in [0.25, 0.3) is 0 Å². The van der Waals surface area contributed by atoms with E-state index in [4.69, 9.17) is 66.3 Å². The standard InChI is InChI=1S/C51H62O21/c1-28-41(61-23-35-17-11-8-12-18-35)44(62-24-36-19-13-9-14-20-36)46(63-25-37-21-15-10-16-22-37)49(64-28)72-43-40(58)38(26-59-29(2)52)69-51(47(43)66-32(5)55)71-42-39(27-60-30(3)53)70-50(68-34(7)57)48(67-33(6)56)45(42)65-31(4)54/h8-22,28,38-51,58H,23-27H2,1-7H3. The summed E-state index contributed by atoms with van der Waals surface area (Å²) in [7, 11) is 0. The van der Waals surface area contributed by atoms with Gasteiger partial charge in [-0.2, -0.15) is 0 Å². The van der Waals surface area contributed by atoms with E-state index in [0.29, 0.717) is 0 Å². The maximum Gasteiger partial charge on any atom is 0.305 e. The van der Waals surface area contributed by atoms with Gasteiger partial charge in [0.2, 0.25) is 12.4 Å². The van der Waals surface area contributed by atoms with Crippen LogP contribution in [-0.4, -0.2) is 146 Å². The molecule has 0 aromatic heterocycles. The van der Waals surface area contributed by atoms with Crippen molar-refractivity contribution in [3.8, 4) is 0 Å². The van der Waals surface area contributed by atoms with Crippen LogP contribution in [0.15, 0.2) is 91.0 Å². The second-order valence-electron chi connectivity index (χ2n) is 17.2. The van der Waals surface area contributed by atoms with E-state index in [9.17, 15) is 33.9 Å². The summed E-state index contributed by atoms with van der Waals surface area (Å²) in [5, 5.41) is 12.2. The molecule has 0 bridgehead atoms. The van der Waals surface area contributed by atoms with E-state index in [0.717, 1.165) is 58.2 Å². The molecular formula is C51H62O21. The topological polar surface area (TPSA) is 252 Å². The first-order valence-electron chi connectivity index (χ1n) is 23.3. The molecule has 392 valence electrons. The summed E-state index contributed by atoms with van der Waals surface area (Å²) in [5.41, 5.74) is 2.49. The molecule has 3 aromatic carbocycles. The molecule has 0 radical (unpaired) electrons. The van der Waals surface area contributed by atoms with E-state index in [1.807, 2.05) is 91.0 Å². The molecule has 0 saturated carbocycles. The molecular weight excluding hydrogens is 949 g/mol. The summed E-state index contributed by atoms with van der Waals surface area (Å²) in [5.74, 6) is -5.16. The van der Waals surface area contributed by atoms with Gasteiger partial charge in [-0.3, -0.25) is 28.8 Å². The highest BCUT2D eigenvalue weighted by atomic mass is 16.8. The number of hydrogen-bond acceptors (Lipinski definition) is 21. The number of hydrogen-bond donors (Lipinski definition) is 1. The van der Waals surface area contributed by atoms with Crippen LogP contribution in [-0.2, 0) is 115 Å². The lowest BCUT2D eigenvalue weighted by Crippen LogP contribution is -2.68. The smallest absolute Gasteiger partial charge is 0.305 e. The van der Waals surface area contributed by atoms with E-state index in [1.54, 1.807) is 6.92 Å². The second-order valence-corrected chi connectivity index (χ2v) is 17.2. The van der Waals surface area contributed by atoms with Crippen molar-refractivity contribution in [2.75, 3.05) is 13.2 Å². The molecule has 1 N–H and O–H groups in total. The summed E-state index contributed by atoms with van der Waals surface area (Å²) >= 11 is 0. The predicted molar refractivity (Wildman–Crippen MR) is 244 cm³/mol. The Labute approximate surface area is 416 Å². The number of aliphatic hydroxyl groups excluding tert-OH is 1. The van der Waals surface area contributed by atoms with Crippen molar-refractivity contribution in [1.82, 2.24) is 0 Å².